The van der Waals surface area contributed by atoms with Crippen LogP contribution in [0.4, 0.5) is 0 Å². The van der Waals surface area contributed by atoms with Gasteiger partial charge in [0.05, 0.1) is 0 Å². The van der Waals surface area contributed by atoms with E-state index in [4.69, 9.17) is 9.68 Å². The quantitative estimate of drug-likeness (QED) is 0.794. The Kier molecular flexibility index (Phi) is 2.52. The predicted molar refractivity (Wildman–Crippen MR) is 56.9 cm³/mol. The second-order valence-electron chi connectivity index (χ2n) is 2.99. The summed E-state index contributed by atoms with van der Waals surface area (Å²) < 4.78 is 6.13. The van der Waals surface area contributed by atoms with Crippen molar-refractivity contribution in [1.29, 1.82) is 5.26 Å². The highest BCUT2D eigenvalue weighted by Crippen LogP contribution is 2.23. The van der Waals surface area contributed by atoms with Crippen molar-refractivity contribution in [1.82, 2.24) is 10.2 Å². The van der Waals surface area contributed by atoms with E-state index in [1.54, 1.807) is 6.07 Å². The van der Waals surface area contributed by atoms with Crippen molar-refractivity contribution >= 4 is 15.9 Å². The molecule has 74 valence electrons. The van der Waals surface area contributed by atoms with Crippen molar-refractivity contribution in [2.24, 2.45) is 0 Å². The van der Waals surface area contributed by atoms with Crippen LogP contribution in [0.3, 0.4) is 0 Å². The van der Waals surface area contributed by atoms with Gasteiger partial charge in [0.25, 0.3) is 0 Å². The van der Waals surface area contributed by atoms with Crippen LogP contribution in [0, 0.1) is 18.3 Å². The molecule has 0 aliphatic rings. The summed E-state index contributed by atoms with van der Waals surface area (Å²) in [7, 11) is 0. The number of hydrogen-bond donors (Lipinski definition) is 0. The van der Waals surface area contributed by atoms with Gasteiger partial charge in [-0.15, -0.1) is 5.10 Å². The lowest BCUT2D eigenvalue weighted by molar-refractivity contribution is 0.553. The normalized spacial score (nSPS) is 9.93. The SMILES string of the molecule is Cc1cc(-c2nnc(C#N)o2)ccc1Br. The third-order valence-corrected chi connectivity index (χ3v) is 2.82. The Balaban J connectivity index is 2.46. The molecule has 0 amide bonds. The lowest BCUT2D eigenvalue weighted by Crippen LogP contribution is -1.81. The second-order valence-corrected chi connectivity index (χ2v) is 3.84. The molecule has 2 aromatic rings. The van der Waals surface area contributed by atoms with Crippen LogP contribution >= 0.6 is 15.9 Å². The fraction of sp³-hybridized carbons (Fsp3) is 0.100. The van der Waals surface area contributed by atoms with E-state index in [0.29, 0.717) is 5.89 Å². The highest BCUT2D eigenvalue weighted by molar-refractivity contribution is 9.10. The summed E-state index contributed by atoms with van der Waals surface area (Å²) in [6, 6.07) is 7.47. The molecule has 0 unspecified atom stereocenters. The Morgan fingerprint density at radius 3 is 2.80 bits per heavy atom. The molecule has 1 heterocycles. The molecule has 0 aliphatic carbocycles. The van der Waals surface area contributed by atoms with E-state index in [-0.39, 0.29) is 5.89 Å². The molecule has 0 N–H and O–H groups in total. The first-order valence-corrected chi connectivity index (χ1v) is 5.00. The van der Waals surface area contributed by atoms with Gasteiger partial charge in [-0.2, -0.15) is 5.26 Å². The molecule has 0 saturated heterocycles. The Bertz CT molecular complexity index is 542. The van der Waals surface area contributed by atoms with Gasteiger partial charge in [-0.3, -0.25) is 0 Å². The molecule has 15 heavy (non-hydrogen) atoms. The fourth-order valence-electron chi connectivity index (χ4n) is 1.16. The van der Waals surface area contributed by atoms with E-state index in [2.05, 4.69) is 26.1 Å². The number of aryl methyl sites for hydroxylation is 1. The summed E-state index contributed by atoms with van der Waals surface area (Å²) in [6.07, 6.45) is 0. The van der Waals surface area contributed by atoms with Crippen LogP contribution in [0.25, 0.3) is 11.5 Å². The minimum absolute atomic E-state index is 0.0226. The molecular weight excluding hydrogens is 258 g/mol. The summed E-state index contributed by atoms with van der Waals surface area (Å²) in [5, 5.41) is 15.9. The summed E-state index contributed by atoms with van der Waals surface area (Å²) in [5.74, 6) is 0.340. The molecule has 0 fully saturated rings. The first kappa shape index (κ1) is 9.87. The number of aromatic nitrogens is 2. The van der Waals surface area contributed by atoms with Crippen LogP contribution < -0.4 is 0 Å². The van der Waals surface area contributed by atoms with Gasteiger partial charge in [0, 0.05) is 10.0 Å². The van der Waals surface area contributed by atoms with Crippen LogP contribution in [-0.2, 0) is 0 Å². The van der Waals surface area contributed by atoms with Crippen molar-refractivity contribution in [3.63, 3.8) is 0 Å². The zero-order chi connectivity index (χ0) is 10.8. The van der Waals surface area contributed by atoms with Gasteiger partial charge in [-0.05, 0) is 30.7 Å². The van der Waals surface area contributed by atoms with Gasteiger partial charge in [0.2, 0.25) is 5.89 Å². The zero-order valence-corrected chi connectivity index (χ0v) is 9.45. The number of nitriles is 1. The number of benzene rings is 1. The van der Waals surface area contributed by atoms with Gasteiger partial charge in [-0.1, -0.05) is 21.0 Å². The zero-order valence-electron chi connectivity index (χ0n) is 7.86. The summed E-state index contributed by atoms with van der Waals surface area (Å²) >= 11 is 3.40. The molecule has 0 radical (unpaired) electrons. The van der Waals surface area contributed by atoms with Crippen molar-refractivity contribution in [2.45, 2.75) is 6.92 Å². The van der Waals surface area contributed by atoms with Gasteiger partial charge in [-0.25, -0.2) is 0 Å². The molecule has 5 heteroatoms. The average molecular weight is 264 g/mol. The molecule has 0 spiro atoms. The number of hydrogen-bond acceptors (Lipinski definition) is 4. The molecule has 1 aromatic carbocycles. The third-order valence-electron chi connectivity index (χ3n) is 1.93. The second kappa shape index (κ2) is 3.83. The van der Waals surface area contributed by atoms with Crippen molar-refractivity contribution in [3.8, 4) is 17.5 Å². The van der Waals surface area contributed by atoms with Crippen LogP contribution in [0.15, 0.2) is 27.1 Å². The predicted octanol–water partition coefficient (Wildman–Crippen LogP) is 2.68. The Hall–Kier alpha value is -1.67. The summed E-state index contributed by atoms with van der Waals surface area (Å²) in [4.78, 5) is 0. The molecule has 0 atom stereocenters. The smallest absolute Gasteiger partial charge is 0.321 e. The first-order valence-electron chi connectivity index (χ1n) is 4.21. The standard InChI is InChI=1S/C10H6BrN3O/c1-6-4-7(2-3-8(6)11)10-14-13-9(5-12)15-10/h2-4H,1H3. The minimum Gasteiger partial charge on any atom is -0.408 e. The highest BCUT2D eigenvalue weighted by Gasteiger charge is 2.08. The number of nitrogens with zero attached hydrogens (tertiary/aromatic N) is 3. The minimum atomic E-state index is -0.0226. The number of halogens is 1. The van der Waals surface area contributed by atoms with E-state index in [1.807, 2.05) is 25.1 Å². The van der Waals surface area contributed by atoms with Gasteiger partial charge in [0.15, 0.2) is 6.07 Å². The molecule has 0 saturated carbocycles. The topological polar surface area (TPSA) is 62.7 Å². The van der Waals surface area contributed by atoms with E-state index in [9.17, 15) is 0 Å². The van der Waals surface area contributed by atoms with Gasteiger partial charge in [0.1, 0.15) is 0 Å². The van der Waals surface area contributed by atoms with Gasteiger partial charge >= 0.3 is 5.89 Å². The first-order chi connectivity index (χ1) is 7.20. The molecule has 1 aromatic heterocycles. The van der Waals surface area contributed by atoms with Gasteiger partial charge < -0.3 is 4.42 Å². The van der Waals surface area contributed by atoms with E-state index < -0.39 is 0 Å². The van der Waals surface area contributed by atoms with Crippen molar-refractivity contribution in [3.05, 3.63) is 34.1 Å². The largest absolute Gasteiger partial charge is 0.408 e. The lowest BCUT2D eigenvalue weighted by atomic mass is 10.1. The maximum Gasteiger partial charge on any atom is 0.321 e. The Labute approximate surface area is 94.7 Å². The van der Waals surface area contributed by atoms with Crippen LogP contribution in [0.1, 0.15) is 11.5 Å². The van der Waals surface area contributed by atoms with Crippen LogP contribution in [-0.4, -0.2) is 10.2 Å². The molecular formula is C10H6BrN3O. The maximum absolute atomic E-state index is 8.54. The Morgan fingerprint density at radius 2 is 2.20 bits per heavy atom. The van der Waals surface area contributed by atoms with E-state index in [1.165, 1.54) is 0 Å². The third kappa shape index (κ3) is 1.90. The Morgan fingerprint density at radius 1 is 1.40 bits per heavy atom. The van der Waals surface area contributed by atoms with E-state index in [0.717, 1.165) is 15.6 Å². The highest BCUT2D eigenvalue weighted by atomic mass is 79.9. The molecule has 0 bridgehead atoms. The van der Waals surface area contributed by atoms with Crippen molar-refractivity contribution < 1.29 is 4.42 Å². The number of rotatable bonds is 1. The molecule has 0 aliphatic heterocycles. The van der Waals surface area contributed by atoms with E-state index >= 15 is 0 Å². The maximum atomic E-state index is 8.54. The fourth-order valence-corrected chi connectivity index (χ4v) is 1.41. The summed E-state index contributed by atoms with van der Waals surface area (Å²) in [6.45, 7) is 1.97. The lowest BCUT2D eigenvalue weighted by Gasteiger charge is -1.99. The average Bonchev–Trinajstić information content (AvgIpc) is 2.70. The monoisotopic (exact) mass is 263 g/mol. The van der Waals surface area contributed by atoms with Crippen LogP contribution in [0.5, 0.6) is 0 Å². The summed E-state index contributed by atoms with van der Waals surface area (Å²) in [5.41, 5.74) is 1.88. The van der Waals surface area contributed by atoms with Crippen LogP contribution in [0.2, 0.25) is 0 Å². The van der Waals surface area contributed by atoms with Crippen molar-refractivity contribution in [2.75, 3.05) is 0 Å². The molecule has 4 nitrogen and oxygen atoms in total. The molecule has 2 rings (SSSR count).